The summed E-state index contributed by atoms with van der Waals surface area (Å²) in [6.45, 7) is 1.61. The fourth-order valence-corrected chi connectivity index (χ4v) is 2.12. The molecule has 0 amide bonds. The van der Waals surface area contributed by atoms with E-state index in [2.05, 4.69) is 17.4 Å². The second-order valence-electron chi connectivity index (χ2n) is 5.25. The first kappa shape index (κ1) is 16.3. The van der Waals surface area contributed by atoms with Gasteiger partial charge < -0.3 is 20.3 Å². The molecule has 0 spiro atoms. The highest BCUT2D eigenvalue weighted by molar-refractivity contribution is 5.30. The monoisotopic (exact) mass is 301 g/mol. The van der Waals surface area contributed by atoms with Crippen molar-refractivity contribution in [3.8, 4) is 11.5 Å². The lowest BCUT2D eigenvalue weighted by molar-refractivity contribution is 0.106. The van der Waals surface area contributed by atoms with Gasteiger partial charge in [-0.15, -0.1) is 0 Å². The fraction of sp³-hybridized carbons (Fsp3) is 0.333. The van der Waals surface area contributed by atoms with E-state index in [1.54, 1.807) is 24.3 Å². The van der Waals surface area contributed by atoms with Gasteiger partial charge in [0.25, 0.3) is 0 Å². The smallest absolute Gasteiger partial charge is 0.119 e. The van der Waals surface area contributed by atoms with Crippen LogP contribution in [0.4, 0.5) is 0 Å². The van der Waals surface area contributed by atoms with Crippen LogP contribution >= 0.6 is 0 Å². The van der Waals surface area contributed by atoms with Gasteiger partial charge in [-0.3, -0.25) is 0 Å². The molecule has 0 saturated heterocycles. The molecular weight excluding hydrogens is 278 g/mol. The molecule has 0 fully saturated rings. The number of aliphatic hydroxyl groups excluding tert-OH is 1. The molecule has 22 heavy (non-hydrogen) atoms. The Morgan fingerprint density at radius 1 is 1.00 bits per heavy atom. The van der Waals surface area contributed by atoms with E-state index >= 15 is 0 Å². The van der Waals surface area contributed by atoms with Crippen LogP contribution < -0.4 is 10.1 Å². The summed E-state index contributed by atoms with van der Waals surface area (Å²) in [5, 5.41) is 22.2. The number of hydrogen-bond acceptors (Lipinski definition) is 4. The summed E-state index contributed by atoms with van der Waals surface area (Å²) in [6, 6.07) is 16.8. The van der Waals surface area contributed by atoms with E-state index in [1.807, 2.05) is 18.2 Å². The highest BCUT2D eigenvalue weighted by Crippen LogP contribution is 2.15. The van der Waals surface area contributed by atoms with E-state index in [-0.39, 0.29) is 12.4 Å². The standard InChI is InChI=1S/C18H23NO3/c20-16-8-10-18(11-9-16)22-14-17(21)13-19-12-4-7-15-5-2-1-3-6-15/h1-3,5-6,8-11,17,19-21H,4,7,12-14H2. The van der Waals surface area contributed by atoms with Gasteiger partial charge in [0.15, 0.2) is 0 Å². The SMILES string of the molecule is Oc1ccc(OCC(O)CNCCCc2ccccc2)cc1. The molecule has 2 aromatic rings. The van der Waals surface area contributed by atoms with Crippen LogP contribution in [-0.4, -0.2) is 36.0 Å². The topological polar surface area (TPSA) is 61.7 Å². The zero-order valence-corrected chi connectivity index (χ0v) is 12.6. The molecule has 1 atom stereocenters. The van der Waals surface area contributed by atoms with Crippen molar-refractivity contribution in [2.45, 2.75) is 18.9 Å². The molecule has 2 rings (SSSR count). The Morgan fingerprint density at radius 3 is 2.45 bits per heavy atom. The number of phenolic OH excluding ortho intramolecular Hbond substituents is 1. The lowest BCUT2D eigenvalue weighted by Gasteiger charge is -2.13. The normalized spacial score (nSPS) is 12.0. The number of nitrogens with one attached hydrogen (secondary N) is 1. The molecule has 0 radical (unpaired) electrons. The lowest BCUT2D eigenvalue weighted by atomic mass is 10.1. The zero-order valence-electron chi connectivity index (χ0n) is 12.6. The average molecular weight is 301 g/mol. The summed E-state index contributed by atoms with van der Waals surface area (Å²) in [6.07, 6.45) is 1.52. The van der Waals surface area contributed by atoms with Crippen LogP contribution in [0.3, 0.4) is 0 Å². The molecule has 0 aliphatic rings. The number of ether oxygens (including phenoxy) is 1. The van der Waals surface area contributed by atoms with Gasteiger partial charge in [-0.05, 0) is 49.2 Å². The van der Waals surface area contributed by atoms with E-state index in [1.165, 1.54) is 5.56 Å². The first-order chi connectivity index (χ1) is 10.7. The number of phenols is 1. The first-order valence-electron chi connectivity index (χ1n) is 7.58. The number of aryl methyl sites for hydroxylation is 1. The maximum absolute atomic E-state index is 9.84. The fourth-order valence-electron chi connectivity index (χ4n) is 2.12. The molecule has 0 saturated carbocycles. The van der Waals surface area contributed by atoms with Gasteiger partial charge in [-0.25, -0.2) is 0 Å². The van der Waals surface area contributed by atoms with E-state index in [0.717, 1.165) is 19.4 Å². The molecule has 0 aromatic heterocycles. The van der Waals surface area contributed by atoms with Crippen molar-refractivity contribution in [3.63, 3.8) is 0 Å². The summed E-state index contributed by atoms with van der Waals surface area (Å²) in [7, 11) is 0. The van der Waals surface area contributed by atoms with Crippen molar-refractivity contribution >= 4 is 0 Å². The Kier molecular flexibility index (Phi) is 6.74. The average Bonchev–Trinajstić information content (AvgIpc) is 2.55. The molecule has 0 aliphatic heterocycles. The third kappa shape index (κ3) is 6.16. The van der Waals surface area contributed by atoms with Gasteiger partial charge in [0.2, 0.25) is 0 Å². The van der Waals surface area contributed by atoms with Gasteiger partial charge >= 0.3 is 0 Å². The molecule has 4 heteroatoms. The minimum absolute atomic E-state index is 0.202. The Hall–Kier alpha value is -2.04. The third-order valence-corrected chi connectivity index (χ3v) is 3.32. The molecule has 2 aromatic carbocycles. The second-order valence-corrected chi connectivity index (χ2v) is 5.25. The van der Waals surface area contributed by atoms with E-state index in [9.17, 15) is 5.11 Å². The number of benzene rings is 2. The van der Waals surface area contributed by atoms with Crippen LogP contribution in [0.15, 0.2) is 54.6 Å². The molecule has 0 aliphatic carbocycles. The van der Waals surface area contributed by atoms with Crippen molar-refractivity contribution in [2.75, 3.05) is 19.7 Å². The number of aromatic hydroxyl groups is 1. The van der Waals surface area contributed by atoms with Crippen LogP contribution in [-0.2, 0) is 6.42 Å². The molecule has 0 heterocycles. The van der Waals surface area contributed by atoms with Crippen molar-refractivity contribution in [1.29, 1.82) is 0 Å². The zero-order chi connectivity index (χ0) is 15.6. The predicted molar refractivity (Wildman–Crippen MR) is 87.2 cm³/mol. The Balaban J connectivity index is 1.54. The van der Waals surface area contributed by atoms with E-state index in [4.69, 9.17) is 9.84 Å². The molecule has 118 valence electrons. The summed E-state index contributed by atoms with van der Waals surface area (Å²) in [4.78, 5) is 0. The summed E-state index contributed by atoms with van der Waals surface area (Å²) >= 11 is 0. The maximum atomic E-state index is 9.84. The second kappa shape index (κ2) is 9.07. The third-order valence-electron chi connectivity index (χ3n) is 3.32. The highest BCUT2D eigenvalue weighted by Gasteiger charge is 2.04. The highest BCUT2D eigenvalue weighted by atomic mass is 16.5. The van der Waals surface area contributed by atoms with Crippen LogP contribution in [0.2, 0.25) is 0 Å². The van der Waals surface area contributed by atoms with Crippen molar-refractivity contribution in [1.82, 2.24) is 5.32 Å². The van der Waals surface area contributed by atoms with Crippen molar-refractivity contribution in [2.24, 2.45) is 0 Å². The van der Waals surface area contributed by atoms with Crippen LogP contribution in [0.25, 0.3) is 0 Å². The van der Waals surface area contributed by atoms with Gasteiger partial charge in [0, 0.05) is 6.54 Å². The lowest BCUT2D eigenvalue weighted by Crippen LogP contribution is -2.32. The largest absolute Gasteiger partial charge is 0.508 e. The summed E-state index contributed by atoms with van der Waals surface area (Å²) in [5.74, 6) is 0.842. The minimum Gasteiger partial charge on any atom is -0.508 e. The van der Waals surface area contributed by atoms with E-state index < -0.39 is 6.10 Å². The Labute approximate surface area is 131 Å². The minimum atomic E-state index is -0.550. The van der Waals surface area contributed by atoms with Gasteiger partial charge in [0.05, 0.1) is 0 Å². The molecule has 3 N–H and O–H groups in total. The summed E-state index contributed by atoms with van der Waals surface area (Å²) < 4.78 is 5.45. The van der Waals surface area contributed by atoms with Crippen molar-refractivity contribution in [3.05, 3.63) is 60.2 Å². The van der Waals surface area contributed by atoms with Gasteiger partial charge in [0.1, 0.15) is 24.2 Å². The number of rotatable bonds is 9. The van der Waals surface area contributed by atoms with Gasteiger partial charge in [-0.1, -0.05) is 30.3 Å². The van der Waals surface area contributed by atoms with Crippen LogP contribution in [0.5, 0.6) is 11.5 Å². The van der Waals surface area contributed by atoms with Crippen LogP contribution in [0, 0.1) is 0 Å². The van der Waals surface area contributed by atoms with Gasteiger partial charge in [-0.2, -0.15) is 0 Å². The first-order valence-corrected chi connectivity index (χ1v) is 7.58. The molecular formula is C18H23NO3. The van der Waals surface area contributed by atoms with Crippen LogP contribution in [0.1, 0.15) is 12.0 Å². The maximum Gasteiger partial charge on any atom is 0.119 e. The predicted octanol–water partition coefficient (Wildman–Crippen LogP) is 2.35. The summed E-state index contributed by atoms with van der Waals surface area (Å²) in [5.41, 5.74) is 1.33. The number of aliphatic hydroxyl groups is 1. The quantitative estimate of drug-likeness (QED) is 0.622. The van der Waals surface area contributed by atoms with Crippen molar-refractivity contribution < 1.29 is 14.9 Å². The Morgan fingerprint density at radius 2 is 1.73 bits per heavy atom. The molecule has 1 unspecified atom stereocenters. The molecule has 0 bridgehead atoms. The van der Waals surface area contributed by atoms with E-state index in [0.29, 0.717) is 12.3 Å². The molecule has 4 nitrogen and oxygen atoms in total. The number of hydrogen-bond donors (Lipinski definition) is 3. The Bertz CT molecular complexity index is 528.